The summed E-state index contributed by atoms with van der Waals surface area (Å²) in [7, 11) is 0. The largest absolute Gasteiger partial charge is 0.298 e. The number of hydrogen-bond donors (Lipinski definition) is 1. The van der Waals surface area contributed by atoms with E-state index in [1.165, 1.54) is 23.5 Å². The summed E-state index contributed by atoms with van der Waals surface area (Å²) < 4.78 is 0.777. The lowest BCUT2D eigenvalue weighted by Crippen LogP contribution is -2.11. The Hall–Kier alpha value is -3.32. The normalized spacial score (nSPS) is 10.9. The summed E-state index contributed by atoms with van der Waals surface area (Å²) in [5.41, 5.74) is 1.00. The maximum absolute atomic E-state index is 12.5. The first-order valence-corrected chi connectivity index (χ1v) is 8.27. The number of aromatic nitrogens is 1. The average Bonchev–Trinajstić information content (AvgIpc) is 3.02. The van der Waals surface area contributed by atoms with Gasteiger partial charge in [0.1, 0.15) is 0 Å². The molecule has 0 saturated carbocycles. The van der Waals surface area contributed by atoms with E-state index in [9.17, 15) is 14.9 Å². The molecule has 0 unspecified atom stereocenters. The molecular weight excluding hydrogens is 338 g/mol. The van der Waals surface area contributed by atoms with Gasteiger partial charge in [-0.1, -0.05) is 41.7 Å². The molecule has 1 aromatic heterocycles. The van der Waals surface area contributed by atoms with E-state index in [4.69, 9.17) is 0 Å². The third-order valence-electron chi connectivity index (χ3n) is 3.81. The molecule has 0 fully saturated rings. The van der Waals surface area contributed by atoms with Crippen LogP contribution in [-0.2, 0) is 0 Å². The minimum atomic E-state index is -0.466. The fourth-order valence-corrected chi connectivity index (χ4v) is 3.42. The van der Waals surface area contributed by atoms with Crippen LogP contribution in [0.3, 0.4) is 0 Å². The van der Waals surface area contributed by atoms with Gasteiger partial charge < -0.3 is 0 Å². The van der Waals surface area contributed by atoms with Crippen LogP contribution in [0, 0.1) is 10.1 Å². The Bertz CT molecular complexity index is 1140. The van der Waals surface area contributed by atoms with E-state index in [2.05, 4.69) is 10.3 Å². The smallest absolute Gasteiger partial charge is 0.271 e. The number of hydrogen-bond acceptors (Lipinski definition) is 5. The molecule has 4 rings (SSSR count). The summed E-state index contributed by atoms with van der Waals surface area (Å²) in [5.74, 6) is -0.265. The number of amides is 1. The molecule has 0 aliphatic rings. The predicted molar refractivity (Wildman–Crippen MR) is 98.2 cm³/mol. The molecule has 0 atom stereocenters. The number of carbonyl (C=O) groups excluding carboxylic acids is 1. The number of fused-ring (bicyclic) bond motifs is 2. The number of anilines is 1. The summed E-state index contributed by atoms with van der Waals surface area (Å²) >= 11 is 1.28. The SMILES string of the molecule is O=C(Nc1nc2cc([N+](=O)[O-])ccc2s1)c1ccc2ccccc2c1. The lowest BCUT2D eigenvalue weighted by Gasteiger charge is -2.03. The highest BCUT2D eigenvalue weighted by atomic mass is 32.1. The summed E-state index contributed by atoms with van der Waals surface area (Å²) in [4.78, 5) is 27.1. The van der Waals surface area contributed by atoms with Gasteiger partial charge in [0.15, 0.2) is 5.13 Å². The Morgan fingerprint density at radius 1 is 1.04 bits per heavy atom. The Morgan fingerprint density at radius 2 is 1.84 bits per heavy atom. The highest BCUT2D eigenvalue weighted by Gasteiger charge is 2.13. The maximum atomic E-state index is 12.5. The molecule has 0 aliphatic carbocycles. The Kier molecular flexibility index (Phi) is 3.62. The third-order valence-corrected chi connectivity index (χ3v) is 4.77. The van der Waals surface area contributed by atoms with Gasteiger partial charge in [0.2, 0.25) is 0 Å². The summed E-state index contributed by atoms with van der Waals surface area (Å²) in [6.07, 6.45) is 0. The first-order valence-electron chi connectivity index (χ1n) is 7.45. The molecule has 0 bridgehead atoms. The van der Waals surface area contributed by atoms with E-state index in [-0.39, 0.29) is 11.6 Å². The minimum Gasteiger partial charge on any atom is -0.298 e. The number of thiazole rings is 1. The zero-order chi connectivity index (χ0) is 17.4. The van der Waals surface area contributed by atoms with Gasteiger partial charge in [-0.2, -0.15) is 0 Å². The van der Waals surface area contributed by atoms with Crippen molar-refractivity contribution >= 4 is 49.1 Å². The van der Waals surface area contributed by atoms with Crippen molar-refractivity contribution in [3.8, 4) is 0 Å². The Balaban J connectivity index is 1.62. The van der Waals surface area contributed by atoms with Crippen molar-refractivity contribution in [2.75, 3.05) is 5.32 Å². The van der Waals surface area contributed by atoms with Gasteiger partial charge in [-0.15, -0.1) is 0 Å². The van der Waals surface area contributed by atoms with Gasteiger partial charge in [-0.3, -0.25) is 20.2 Å². The molecule has 0 spiro atoms. The summed E-state index contributed by atoms with van der Waals surface area (Å²) in [5, 5.41) is 16.0. The van der Waals surface area contributed by atoms with Crippen LogP contribution in [0.15, 0.2) is 60.7 Å². The second-order valence-corrected chi connectivity index (χ2v) is 6.47. The number of nitrogens with one attached hydrogen (secondary N) is 1. The molecule has 0 aliphatic heterocycles. The maximum Gasteiger partial charge on any atom is 0.271 e. The fourth-order valence-electron chi connectivity index (χ4n) is 2.58. The fraction of sp³-hybridized carbons (Fsp3) is 0. The van der Waals surface area contributed by atoms with Gasteiger partial charge in [0.25, 0.3) is 11.6 Å². The van der Waals surface area contributed by atoms with Gasteiger partial charge in [-0.05, 0) is 29.0 Å². The predicted octanol–water partition coefficient (Wildman–Crippen LogP) is 4.61. The molecule has 0 saturated heterocycles. The molecule has 4 aromatic rings. The quantitative estimate of drug-likeness (QED) is 0.432. The molecule has 122 valence electrons. The van der Waals surface area contributed by atoms with E-state index in [0.29, 0.717) is 16.2 Å². The number of nitro benzene ring substituents is 1. The van der Waals surface area contributed by atoms with Crippen molar-refractivity contribution in [2.24, 2.45) is 0 Å². The summed E-state index contributed by atoms with van der Waals surface area (Å²) in [6.45, 7) is 0. The van der Waals surface area contributed by atoms with Crippen molar-refractivity contribution in [1.29, 1.82) is 0 Å². The van der Waals surface area contributed by atoms with Crippen LogP contribution in [0.5, 0.6) is 0 Å². The van der Waals surface area contributed by atoms with Crippen molar-refractivity contribution in [1.82, 2.24) is 4.98 Å². The molecule has 3 aromatic carbocycles. The van der Waals surface area contributed by atoms with Crippen LogP contribution in [0.1, 0.15) is 10.4 Å². The topological polar surface area (TPSA) is 85.1 Å². The zero-order valence-electron chi connectivity index (χ0n) is 12.8. The standard InChI is InChI=1S/C18H11N3O3S/c22-17(13-6-5-11-3-1-2-4-12(11)9-13)20-18-19-15-10-14(21(23)24)7-8-16(15)25-18/h1-10H,(H,19,20,22). The van der Waals surface area contributed by atoms with Crippen molar-refractivity contribution in [3.05, 3.63) is 76.3 Å². The van der Waals surface area contributed by atoms with Crippen LogP contribution in [0.2, 0.25) is 0 Å². The second-order valence-electron chi connectivity index (χ2n) is 5.44. The summed E-state index contributed by atoms with van der Waals surface area (Å²) in [6, 6.07) is 17.7. The first kappa shape index (κ1) is 15.2. The number of benzene rings is 3. The molecule has 1 N–H and O–H groups in total. The minimum absolute atomic E-state index is 0.0230. The Labute approximate surface area is 145 Å². The van der Waals surface area contributed by atoms with Crippen molar-refractivity contribution < 1.29 is 9.72 Å². The zero-order valence-corrected chi connectivity index (χ0v) is 13.6. The van der Waals surface area contributed by atoms with Crippen molar-refractivity contribution in [3.63, 3.8) is 0 Å². The van der Waals surface area contributed by atoms with Crippen molar-refractivity contribution in [2.45, 2.75) is 0 Å². The lowest BCUT2D eigenvalue weighted by atomic mass is 10.1. The van der Waals surface area contributed by atoms with Gasteiger partial charge in [0, 0.05) is 17.7 Å². The molecule has 25 heavy (non-hydrogen) atoms. The van der Waals surface area contributed by atoms with Crippen LogP contribution in [0.25, 0.3) is 21.0 Å². The number of nitrogens with zero attached hydrogens (tertiary/aromatic N) is 2. The van der Waals surface area contributed by atoms with Gasteiger partial charge in [0.05, 0.1) is 15.1 Å². The monoisotopic (exact) mass is 349 g/mol. The van der Waals surface area contributed by atoms with E-state index in [0.717, 1.165) is 15.5 Å². The molecule has 6 nitrogen and oxygen atoms in total. The van der Waals surface area contributed by atoms with Crippen LogP contribution >= 0.6 is 11.3 Å². The lowest BCUT2D eigenvalue weighted by molar-refractivity contribution is -0.384. The molecule has 7 heteroatoms. The molecule has 0 radical (unpaired) electrons. The molecule has 1 heterocycles. The van der Waals surface area contributed by atoms with E-state index >= 15 is 0 Å². The Morgan fingerprint density at radius 3 is 2.64 bits per heavy atom. The first-order chi connectivity index (χ1) is 12.1. The van der Waals surface area contributed by atoms with Crippen LogP contribution in [-0.4, -0.2) is 15.8 Å². The number of nitro groups is 1. The number of rotatable bonds is 3. The number of carbonyl (C=O) groups is 1. The van der Waals surface area contributed by atoms with E-state index in [1.807, 2.05) is 36.4 Å². The average molecular weight is 349 g/mol. The van der Waals surface area contributed by atoms with E-state index < -0.39 is 4.92 Å². The highest BCUT2D eigenvalue weighted by molar-refractivity contribution is 7.22. The second kappa shape index (κ2) is 5.95. The molecular formula is C18H11N3O3S. The highest BCUT2D eigenvalue weighted by Crippen LogP contribution is 2.29. The molecule has 1 amide bonds. The van der Waals surface area contributed by atoms with E-state index in [1.54, 1.807) is 12.1 Å². The third kappa shape index (κ3) is 2.92. The van der Waals surface area contributed by atoms with Gasteiger partial charge in [-0.25, -0.2) is 4.98 Å². The van der Waals surface area contributed by atoms with Gasteiger partial charge >= 0.3 is 0 Å². The van der Waals surface area contributed by atoms with Crippen LogP contribution < -0.4 is 5.32 Å². The number of non-ortho nitro benzene ring substituents is 1. The van der Waals surface area contributed by atoms with Crippen LogP contribution in [0.4, 0.5) is 10.8 Å².